The highest BCUT2D eigenvalue weighted by Gasteiger charge is 2.36. The molecular formula is C24H28N2O3S. The monoisotopic (exact) mass is 424 g/mol. The molecule has 3 aliphatic rings. The smallest absolute Gasteiger partial charge is 0.256 e. The van der Waals surface area contributed by atoms with Crippen LogP contribution in [-0.2, 0) is 12.8 Å². The topological polar surface area (TPSA) is 59.6 Å². The van der Waals surface area contributed by atoms with Gasteiger partial charge in [-0.25, -0.2) is 0 Å². The van der Waals surface area contributed by atoms with E-state index in [1.165, 1.54) is 16.9 Å². The number of anilines is 1. The predicted molar refractivity (Wildman–Crippen MR) is 120 cm³/mol. The van der Waals surface area contributed by atoms with Crippen molar-refractivity contribution in [2.24, 2.45) is 11.3 Å². The Morgan fingerprint density at radius 3 is 2.90 bits per heavy atom. The molecule has 0 fully saturated rings. The van der Waals surface area contributed by atoms with Crippen LogP contribution in [0, 0.1) is 11.3 Å². The summed E-state index contributed by atoms with van der Waals surface area (Å²) < 4.78 is 10.8. The first-order valence-electron chi connectivity index (χ1n) is 10.7. The molecule has 1 aromatic heterocycles. The maximum absolute atomic E-state index is 12.9. The molecule has 2 N–H and O–H groups in total. The number of carbonyl (C=O) groups is 1. The number of fused-ring (bicyclic) bond motifs is 4. The summed E-state index contributed by atoms with van der Waals surface area (Å²) in [5, 5.41) is 7.63. The second kappa shape index (κ2) is 7.34. The average molecular weight is 425 g/mol. The summed E-state index contributed by atoms with van der Waals surface area (Å²) in [6.07, 6.45) is 8.20. The molecule has 0 saturated carbocycles. The molecule has 0 radical (unpaired) electrons. The Labute approximate surface area is 181 Å². The van der Waals surface area contributed by atoms with Gasteiger partial charge in [0, 0.05) is 4.88 Å². The number of thiophene rings is 1. The molecular weight excluding hydrogens is 396 g/mol. The molecule has 30 heavy (non-hydrogen) atoms. The summed E-state index contributed by atoms with van der Waals surface area (Å²) in [6.45, 7) is 7.29. The number of benzene rings is 1. The molecule has 1 aromatic carbocycles. The quantitative estimate of drug-likeness (QED) is 0.707. The van der Waals surface area contributed by atoms with Gasteiger partial charge in [0.15, 0.2) is 11.5 Å². The van der Waals surface area contributed by atoms with E-state index in [9.17, 15) is 4.79 Å². The molecule has 3 heterocycles. The zero-order valence-electron chi connectivity index (χ0n) is 17.7. The van der Waals surface area contributed by atoms with E-state index in [-0.39, 0.29) is 18.9 Å². The average Bonchev–Trinajstić information content (AvgIpc) is 3.35. The summed E-state index contributed by atoms with van der Waals surface area (Å²) in [6, 6.07) is 5.85. The Bertz CT molecular complexity index is 1020. The van der Waals surface area contributed by atoms with Gasteiger partial charge in [0.1, 0.15) is 11.2 Å². The molecule has 6 heteroatoms. The Hall–Kier alpha value is -2.47. The van der Waals surface area contributed by atoms with E-state index in [2.05, 4.69) is 31.4 Å². The number of carbonyl (C=O) groups excluding carboxylic acids is 1. The Kier molecular flexibility index (Phi) is 4.77. The van der Waals surface area contributed by atoms with Crippen molar-refractivity contribution in [3.8, 4) is 11.5 Å². The highest BCUT2D eigenvalue weighted by molar-refractivity contribution is 7.16. The summed E-state index contributed by atoms with van der Waals surface area (Å²) in [4.78, 5) is 14.3. The standard InChI is InChI=1S/C24H28N2O3S/c1-4-24(2,3)15-7-8-16-19(12-15)30-23-21(16)22(27)25-20(26-23)10-6-14-5-9-17-18(11-14)29-13-28-17/h5-6,9-11,15,20,26H,4,7-8,12-13H2,1-3H3,(H,25,27)/b10-6+. The number of rotatable bonds is 4. The fourth-order valence-corrected chi connectivity index (χ4v) is 5.96. The lowest BCUT2D eigenvalue weighted by molar-refractivity contribution is 0.0942. The van der Waals surface area contributed by atoms with E-state index in [1.54, 1.807) is 11.3 Å². The lowest BCUT2D eigenvalue weighted by Gasteiger charge is -2.36. The van der Waals surface area contributed by atoms with Crippen LogP contribution in [0.1, 0.15) is 60.0 Å². The molecule has 1 aliphatic carbocycles. The fourth-order valence-electron chi connectivity index (χ4n) is 4.59. The molecule has 0 spiro atoms. The maximum atomic E-state index is 12.9. The molecule has 5 rings (SSSR count). The Morgan fingerprint density at radius 1 is 1.23 bits per heavy atom. The van der Waals surface area contributed by atoms with Crippen molar-refractivity contribution < 1.29 is 14.3 Å². The predicted octanol–water partition coefficient (Wildman–Crippen LogP) is 5.21. The minimum atomic E-state index is -0.224. The van der Waals surface area contributed by atoms with Gasteiger partial charge in [-0.05, 0) is 59.9 Å². The number of nitrogens with one attached hydrogen (secondary N) is 2. The van der Waals surface area contributed by atoms with Crippen molar-refractivity contribution in [2.75, 3.05) is 12.1 Å². The van der Waals surface area contributed by atoms with Gasteiger partial charge < -0.3 is 20.1 Å². The van der Waals surface area contributed by atoms with Gasteiger partial charge in [-0.3, -0.25) is 4.79 Å². The van der Waals surface area contributed by atoms with Crippen molar-refractivity contribution in [3.63, 3.8) is 0 Å². The molecule has 2 unspecified atom stereocenters. The van der Waals surface area contributed by atoms with Crippen molar-refractivity contribution >= 4 is 28.3 Å². The van der Waals surface area contributed by atoms with Gasteiger partial charge in [0.25, 0.3) is 5.91 Å². The van der Waals surface area contributed by atoms with E-state index in [0.29, 0.717) is 11.3 Å². The second-order valence-electron chi connectivity index (χ2n) is 9.06. The van der Waals surface area contributed by atoms with Crippen molar-refractivity contribution in [3.05, 3.63) is 45.8 Å². The molecule has 0 bridgehead atoms. The van der Waals surface area contributed by atoms with E-state index in [4.69, 9.17) is 9.47 Å². The summed E-state index contributed by atoms with van der Waals surface area (Å²) in [7, 11) is 0. The minimum Gasteiger partial charge on any atom is -0.454 e. The minimum absolute atomic E-state index is 0.0368. The van der Waals surface area contributed by atoms with Crippen LogP contribution >= 0.6 is 11.3 Å². The Morgan fingerprint density at radius 2 is 2.07 bits per heavy atom. The van der Waals surface area contributed by atoms with Crippen molar-refractivity contribution in [2.45, 2.75) is 52.6 Å². The zero-order chi connectivity index (χ0) is 20.9. The van der Waals surface area contributed by atoms with Crippen LogP contribution in [0.25, 0.3) is 6.08 Å². The molecule has 0 saturated heterocycles. The lowest BCUT2D eigenvalue weighted by atomic mass is 9.69. The van der Waals surface area contributed by atoms with E-state index < -0.39 is 0 Å². The van der Waals surface area contributed by atoms with Gasteiger partial charge in [-0.1, -0.05) is 39.3 Å². The van der Waals surface area contributed by atoms with Crippen LogP contribution in [0.15, 0.2) is 24.3 Å². The lowest BCUT2D eigenvalue weighted by Crippen LogP contribution is -2.43. The highest BCUT2D eigenvalue weighted by atomic mass is 32.1. The molecule has 2 aliphatic heterocycles. The van der Waals surface area contributed by atoms with Crippen LogP contribution in [-0.4, -0.2) is 18.9 Å². The van der Waals surface area contributed by atoms with Crippen LogP contribution in [0.2, 0.25) is 0 Å². The number of amides is 1. The fraction of sp³-hybridized carbons (Fsp3) is 0.458. The zero-order valence-corrected chi connectivity index (χ0v) is 18.5. The first kappa shape index (κ1) is 19.5. The van der Waals surface area contributed by atoms with Crippen LogP contribution in [0.4, 0.5) is 5.00 Å². The van der Waals surface area contributed by atoms with Gasteiger partial charge in [0.05, 0.1) is 5.56 Å². The third kappa shape index (κ3) is 3.37. The maximum Gasteiger partial charge on any atom is 0.256 e. The SMILES string of the molecule is CCC(C)(C)C1CCc2c(sc3c2C(=O)NC(/C=C/c2ccc4c(c2)OCO4)N3)C1. The highest BCUT2D eigenvalue weighted by Crippen LogP contribution is 2.46. The second-order valence-corrected chi connectivity index (χ2v) is 10.2. The van der Waals surface area contributed by atoms with E-state index in [1.807, 2.05) is 30.4 Å². The molecule has 2 atom stereocenters. The van der Waals surface area contributed by atoms with Gasteiger partial charge in [-0.15, -0.1) is 11.3 Å². The molecule has 2 aromatic rings. The van der Waals surface area contributed by atoms with Crippen molar-refractivity contribution in [1.29, 1.82) is 0 Å². The number of hydrogen-bond acceptors (Lipinski definition) is 5. The molecule has 158 valence electrons. The van der Waals surface area contributed by atoms with Crippen molar-refractivity contribution in [1.82, 2.24) is 5.32 Å². The van der Waals surface area contributed by atoms with E-state index in [0.717, 1.165) is 46.9 Å². The summed E-state index contributed by atoms with van der Waals surface area (Å²) in [5.74, 6) is 2.25. The first-order chi connectivity index (χ1) is 14.4. The van der Waals surface area contributed by atoms with Gasteiger partial charge >= 0.3 is 0 Å². The largest absolute Gasteiger partial charge is 0.454 e. The summed E-state index contributed by atoms with van der Waals surface area (Å²) in [5.41, 5.74) is 3.49. The van der Waals surface area contributed by atoms with Crippen LogP contribution in [0.5, 0.6) is 11.5 Å². The Balaban J connectivity index is 1.34. The number of ether oxygens (including phenoxy) is 2. The first-order valence-corrected chi connectivity index (χ1v) is 11.6. The third-order valence-corrected chi connectivity index (χ3v) is 8.15. The third-order valence-electron chi connectivity index (χ3n) is 6.96. The normalized spacial score (nSPS) is 22.4. The van der Waals surface area contributed by atoms with Crippen LogP contribution < -0.4 is 20.1 Å². The van der Waals surface area contributed by atoms with E-state index >= 15 is 0 Å². The van der Waals surface area contributed by atoms with Crippen LogP contribution in [0.3, 0.4) is 0 Å². The number of hydrogen-bond donors (Lipinski definition) is 2. The summed E-state index contributed by atoms with van der Waals surface area (Å²) >= 11 is 1.77. The van der Waals surface area contributed by atoms with Gasteiger partial charge in [0.2, 0.25) is 6.79 Å². The van der Waals surface area contributed by atoms with Gasteiger partial charge in [-0.2, -0.15) is 0 Å². The molecule has 5 nitrogen and oxygen atoms in total. The molecule has 1 amide bonds.